The molecule has 0 radical (unpaired) electrons. The number of benzene rings is 2. The summed E-state index contributed by atoms with van der Waals surface area (Å²) >= 11 is 3.40. The van der Waals surface area contributed by atoms with Crippen molar-refractivity contribution in [3.05, 3.63) is 74.1 Å². The molecule has 0 aliphatic heterocycles. The van der Waals surface area contributed by atoms with Crippen molar-refractivity contribution in [1.82, 2.24) is 15.4 Å². The standard InChI is InChI=1S/C25H25IN4O5S/c1-4-34-21-11-18(12-27-30-22(31)14-36-25-28-15(2)9-16(3)29-25)10-20(26)23(21)35-13-17-5-7-19(8-6-17)24(32)33/h5-12H,4,13-14H2,1-3H3,(H,30,31)(H,32,33)/b27-12-. The minimum Gasteiger partial charge on any atom is -0.490 e. The highest BCUT2D eigenvalue weighted by Gasteiger charge is 2.13. The molecule has 0 saturated carbocycles. The van der Waals surface area contributed by atoms with E-state index < -0.39 is 5.97 Å². The van der Waals surface area contributed by atoms with Crippen LogP contribution in [0.2, 0.25) is 0 Å². The predicted molar refractivity (Wildman–Crippen MR) is 146 cm³/mol. The van der Waals surface area contributed by atoms with Crippen molar-refractivity contribution < 1.29 is 24.2 Å². The second-order valence-corrected chi connectivity index (χ2v) is 9.67. The van der Waals surface area contributed by atoms with E-state index in [1.54, 1.807) is 18.2 Å². The highest BCUT2D eigenvalue weighted by atomic mass is 127. The predicted octanol–water partition coefficient (Wildman–Crippen LogP) is 4.62. The Kier molecular flexibility index (Phi) is 10.1. The number of hydrogen-bond donors (Lipinski definition) is 2. The summed E-state index contributed by atoms with van der Waals surface area (Å²) in [6.45, 7) is 6.33. The molecule has 2 aromatic carbocycles. The molecule has 9 nitrogen and oxygen atoms in total. The first-order valence-electron chi connectivity index (χ1n) is 10.9. The second-order valence-electron chi connectivity index (χ2n) is 7.57. The van der Waals surface area contributed by atoms with Gasteiger partial charge in [0.2, 0.25) is 0 Å². The van der Waals surface area contributed by atoms with E-state index in [1.807, 2.05) is 32.9 Å². The Bertz CT molecular complexity index is 1250. The van der Waals surface area contributed by atoms with Gasteiger partial charge in [-0.15, -0.1) is 0 Å². The van der Waals surface area contributed by atoms with Gasteiger partial charge >= 0.3 is 5.97 Å². The maximum Gasteiger partial charge on any atom is 0.335 e. The summed E-state index contributed by atoms with van der Waals surface area (Å²) in [5.74, 6) is 0.0147. The van der Waals surface area contributed by atoms with Crippen molar-refractivity contribution in [2.24, 2.45) is 5.10 Å². The van der Waals surface area contributed by atoms with Crippen LogP contribution >= 0.6 is 34.4 Å². The van der Waals surface area contributed by atoms with Crippen molar-refractivity contribution in [2.45, 2.75) is 32.5 Å². The molecule has 0 fully saturated rings. The molecule has 1 amide bonds. The van der Waals surface area contributed by atoms with Gasteiger partial charge in [-0.25, -0.2) is 20.2 Å². The van der Waals surface area contributed by atoms with Crippen LogP contribution in [0.4, 0.5) is 0 Å². The van der Waals surface area contributed by atoms with Crippen LogP contribution in [0.1, 0.15) is 39.8 Å². The number of nitrogens with zero attached hydrogens (tertiary/aromatic N) is 3. The van der Waals surface area contributed by atoms with Crippen LogP contribution in [0, 0.1) is 17.4 Å². The van der Waals surface area contributed by atoms with Gasteiger partial charge in [0.15, 0.2) is 16.7 Å². The number of amides is 1. The van der Waals surface area contributed by atoms with E-state index in [4.69, 9.17) is 14.6 Å². The number of carboxylic acids is 1. The summed E-state index contributed by atoms with van der Waals surface area (Å²) in [6.07, 6.45) is 1.54. The molecule has 0 saturated heterocycles. The zero-order chi connectivity index (χ0) is 26.1. The van der Waals surface area contributed by atoms with Gasteiger partial charge in [0.05, 0.1) is 27.7 Å². The minimum absolute atomic E-state index is 0.141. The van der Waals surface area contributed by atoms with Crippen LogP contribution in [-0.4, -0.2) is 45.5 Å². The van der Waals surface area contributed by atoms with E-state index in [2.05, 4.69) is 43.1 Å². The Hall–Kier alpha value is -3.19. The lowest BCUT2D eigenvalue weighted by Gasteiger charge is -2.15. The van der Waals surface area contributed by atoms with Crippen LogP contribution in [-0.2, 0) is 11.4 Å². The molecule has 0 bridgehead atoms. The number of rotatable bonds is 11. The number of hydrogen-bond acceptors (Lipinski definition) is 8. The average molecular weight is 620 g/mol. The summed E-state index contributed by atoms with van der Waals surface area (Å²) < 4.78 is 12.5. The molecule has 1 aromatic heterocycles. The van der Waals surface area contributed by atoms with Crippen molar-refractivity contribution in [2.75, 3.05) is 12.4 Å². The Morgan fingerprint density at radius 2 is 1.81 bits per heavy atom. The summed E-state index contributed by atoms with van der Waals surface area (Å²) in [6, 6.07) is 12.0. The van der Waals surface area contributed by atoms with Gasteiger partial charge < -0.3 is 14.6 Å². The van der Waals surface area contributed by atoms with Crippen molar-refractivity contribution in [1.29, 1.82) is 0 Å². The monoisotopic (exact) mass is 620 g/mol. The van der Waals surface area contributed by atoms with E-state index >= 15 is 0 Å². The minimum atomic E-state index is -0.974. The molecule has 0 aliphatic rings. The molecular weight excluding hydrogens is 595 g/mol. The number of carbonyl (C=O) groups excluding carboxylic acids is 1. The fourth-order valence-corrected chi connectivity index (χ4v) is 4.59. The fraction of sp³-hybridized carbons (Fsp3) is 0.240. The Labute approximate surface area is 226 Å². The number of hydrazone groups is 1. The lowest BCUT2D eigenvalue weighted by Crippen LogP contribution is -2.19. The van der Waals surface area contributed by atoms with Gasteiger partial charge in [-0.2, -0.15) is 5.10 Å². The van der Waals surface area contributed by atoms with Crippen LogP contribution < -0.4 is 14.9 Å². The molecular formula is C25H25IN4O5S. The molecule has 0 aliphatic carbocycles. The lowest BCUT2D eigenvalue weighted by molar-refractivity contribution is -0.118. The van der Waals surface area contributed by atoms with Crippen molar-refractivity contribution in [3.8, 4) is 11.5 Å². The second kappa shape index (κ2) is 13.2. The maximum atomic E-state index is 12.2. The molecule has 11 heteroatoms. The van der Waals surface area contributed by atoms with Gasteiger partial charge in [0.25, 0.3) is 5.91 Å². The first-order chi connectivity index (χ1) is 17.2. The fourth-order valence-electron chi connectivity index (χ4n) is 3.06. The molecule has 1 heterocycles. The van der Waals surface area contributed by atoms with Gasteiger partial charge in [-0.05, 0) is 84.8 Å². The first-order valence-corrected chi connectivity index (χ1v) is 13.0. The summed E-state index contributed by atoms with van der Waals surface area (Å²) in [4.78, 5) is 31.8. The first kappa shape index (κ1) is 27.4. The molecule has 36 heavy (non-hydrogen) atoms. The van der Waals surface area contributed by atoms with E-state index in [0.717, 1.165) is 26.1 Å². The number of carboxylic acid groups (broad SMARTS) is 1. The maximum absolute atomic E-state index is 12.2. The van der Waals surface area contributed by atoms with E-state index in [9.17, 15) is 9.59 Å². The third-order valence-electron chi connectivity index (χ3n) is 4.61. The Morgan fingerprint density at radius 3 is 2.44 bits per heavy atom. The molecule has 3 rings (SSSR count). The number of aromatic nitrogens is 2. The van der Waals surface area contributed by atoms with Crippen LogP contribution in [0.3, 0.4) is 0 Å². The number of thioether (sulfide) groups is 1. The van der Waals surface area contributed by atoms with E-state index in [0.29, 0.717) is 23.3 Å². The molecule has 0 unspecified atom stereocenters. The summed E-state index contributed by atoms with van der Waals surface area (Å²) in [5.41, 5.74) is 6.00. The van der Waals surface area contributed by atoms with Crippen LogP contribution in [0.5, 0.6) is 11.5 Å². The highest BCUT2D eigenvalue weighted by Crippen LogP contribution is 2.34. The molecule has 188 valence electrons. The molecule has 0 spiro atoms. The molecule has 0 atom stereocenters. The van der Waals surface area contributed by atoms with E-state index in [-0.39, 0.29) is 23.8 Å². The summed E-state index contributed by atoms with van der Waals surface area (Å²) in [7, 11) is 0. The molecule has 2 N–H and O–H groups in total. The Balaban J connectivity index is 1.61. The van der Waals surface area contributed by atoms with Crippen molar-refractivity contribution in [3.63, 3.8) is 0 Å². The van der Waals surface area contributed by atoms with Gasteiger partial charge in [-0.1, -0.05) is 23.9 Å². The highest BCUT2D eigenvalue weighted by molar-refractivity contribution is 14.1. The number of halogens is 1. The summed E-state index contributed by atoms with van der Waals surface area (Å²) in [5, 5.41) is 13.6. The van der Waals surface area contributed by atoms with Gasteiger partial charge in [0, 0.05) is 11.4 Å². The zero-order valence-corrected chi connectivity index (χ0v) is 22.9. The third kappa shape index (κ3) is 8.19. The quantitative estimate of drug-likeness (QED) is 0.105. The van der Waals surface area contributed by atoms with Gasteiger partial charge in [0.1, 0.15) is 6.61 Å². The van der Waals surface area contributed by atoms with Crippen LogP contribution in [0.25, 0.3) is 0 Å². The van der Waals surface area contributed by atoms with Gasteiger partial charge in [-0.3, -0.25) is 4.79 Å². The third-order valence-corrected chi connectivity index (χ3v) is 6.26. The van der Waals surface area contributed by atoms with E-state index in [1.165, 1.54) is 30.1 Å². The zero-order valence-electron chi connectivity index (χ0n) is 19.9. The average Bonchev–Trinajstić information content (AvgIpc) is 2.82. The normalized spacial score (nSPS) is 10.9. The largest absolute Gasteiger partial charge is 0.490 e. The number of carbonyl (C=O) groups is 2. The SMILES string of the molecule is CCOc1cc(/C=N\NC(=O)CSc2nc(C)cc(C)n2)cc(I)c1OCc1ccc(C(=O)O)cc1. The van der Waals surface area contributed by atoms with Crippen molar-refractivity contribution >= 4 is 52.4 Å². The number of ether oxygens (including phenoxy) is 2. The lowest BCUT2D eigenvalue weighted by atomic mass is 10.1. The number of nitrogens with one attached hydrogen (secondary N) is 1. The number of aromatic carboxylic acids is 1. The Morgan fingerprint density at radius 1 is 1.11 bits per heavy atom. The topological polar surface area (TPSA) is 123 Å². The van der Waals surface area contributed by atoms with Crippen LogP contribution in [0.15, 0.2) is 52.7 Å². The number of aryl methyl sites for hydroxylation is 2. The molecule has 3 aromatic rings. The smallest absolute Gasteiger partial charge is 0.335 e.